The minimum Gasteiger partial charge on any atom is -0.325 e. The van der Waals surface area contributed by atoms with E-state index in [0.29, 0.717) is 5.69 Å². The molecular formula is C13H13FN2O3S. The highest BCUT2D eigenvalue weighted by Gasteiger charge is 2.33. The number of imide groups is 1. The van der Waals surface area contributed by atoms with E-state index in [1.54, 1.807) is 6.92 Å². The average Bonchev–Trinajstić information content (AvgIpc) is 2.42. The van der Waals surface area contributed by atoms with Crippen LogP contribution >= 0.6 is 11.8 Å². The van der Waals surface area contributed by atoms with Crippen molar-refractivity contribution >= 4 is 35.2 Å². The molecule has 1 aromatic carbocycles. The van der Waals surface area contributed by atoms with Crippen LogP contribution in [0, 0.1) is 5.82 Å². The Balaban J connectivity index is 1.98. The minimum atomic E-state index is -0.489. The predicted octanol–water partition coefficient (Wildman–Crippen LogP) is 1.25. The van der Waals surface area contributed by atoms with Gasteiger partial charge in [0.25, 0.3) is 0 Å². The molecule has 0 aromatic heterocycles. The molecule has 7 heteroatoms. The van der Waals surface area contributed by atoms with Gasteiger partial charge in [0.1, 0.15) is 12.4 Å². The number of nitrogens with zero attached hydrogens (tertiary/aromatic N) is 1. The SMILES string of the molecule is C[C@H]1SCC(=O)N(CC(=O)Nc2ccc(F)cc2)C1=O. The van der Waals surface area contributed by atoms with Crippen molar-refractivity contribution < 1.29 is 18.8 Å². The van der Waals surface area contributed by atoms with Crippen LogP contribution in [0.2, 0.25) is 0 Å². The summed E-state index contributed by atoms with van der Waals surface area (Å²) in [5.74, 6) is -1.43. The molecule has 20 heavy (non-hydrogen) atoms. The number of carbonyl (C=O) groups is 3. The minimum absolute atomic E-state index is 0.191. The molecule has 0 aliphatic carbocycles. The summed E-state index contributed by atoms with van der Waals surface area (Å²) >= 11 is 1.26. The molecule has 0 spiro atoms. The molecule has 106 valence electrons. The smallest absolute Gasteiger partial charge is 0.244 e. The standard InChI is InChI=1S/C13H13FN2O3S/c1-8-13(19)16(12(18)7-20-8)6-11(17)15-10-4-2-9(14)3-5-10/h2-5,8H,6-7H2,1H3,(H,15,17)/t8-/m1/s1. The molecule has 1 atom stereocenters. The lowest BCUT2D eigenvalue weighted by atomic mass is 10.3. The summed E-state index contributed by atoms with van der Waals surface area (Å²) in [5.41, 5.74) is 0.413. The second-order valence-corrected chi connectivity index (χ2v) is 5.66. The highest BCUT2D eigenvalue weighted by Crippen LogP contribution is 2.20. The molecule has 1 N–H and O–H groups in total. The Hall–Kier alpha value is -1.89. The van der Waals surface area contributed by atoms with Crippen molar-refractivity contribution in [3.8, 4) is 0 Å². The zero-order valence-corrected chi connectivity index (χ0v) is 11.6. The summed E-state index contributed by atoms with van der Waals surface area (Å²) in [6.45, 7) is 1.38. The van der Waals surface area contributed by atoms with Gasteiger partial charge in [-0.05, 0) is 31.2 Å². The molecule has 1 fully saturated rings. The first-order valence-corrected chi connectivity index (χ1v) is 7.03. The molecule has 1 saturated heterocycles. The van der Waals surface area contributed by atoms with Gasteiger partial charge >= 0.3 is 0 Å². The Morgan fingerprint density at radius 3 is 2.70 bits per heavy atom. The molecule has 2 rings (SSSR count). The van der Waals surface area contributed by atoms with Gasteiger partial charge in [-0.2, -0.15) is 0 Å². The van der Waals surface area contributed by atoms with Gasteiger partial charge in [-0.1, -0.05) is 0 Å². The third-order valence-electron chi connectivity index (χ3n) is 2.80. The van der Waals surface area contributed by atoms with Crippen LogP contribution in [0.3, 0.4) is 0 Å². The Kier molecular flexibility index (Phi) is 4.39. The number of benzene rings is 1. The van der Waals surface area contributed by atoms with E-state index in [-0.39, 0.29) is 29.4 Å². The van der Waals surface area contributed by atoms with E-state index in [1.165, 1.54) is 36.0 Å². The first-order valence-electron chi connectivity index (χ1n) is 5.98. The first kappa shape index (κ1) is 14.5. The molecule has 3 amide bonds. The highest BCUT2D eigenvalue weighted by atomic mass is 32.2. The van der Waals surface area contributed by atoms with Crippen LogP contribution in [-0.4, -0.2) is 40.2 Å². The molecule has 1 aliphatic heterocycles. The van der Waals surface area contributed by atoms with E-state index < -0.39 is 11.7 Å². The predicted molar refractivity (Wildman–Crippen MR) is 73.7 cm³/mol. The number of thioether (sulfide) groups is 1. The number of amides is 3. The molecule has 0 radical (unpaired) electrons. The van der Waals surface area contributed by atoms with Crippen LogP contribution in [-0.2, 0) is 14.4 Å². The third kappa shape index (κ3) is 3.36. The van der Waals surface area contributed by atoms with Gasteiger partial charge in [0.2, 0.25) is 17.7 Å². The van der Waals surface area contributed by atoms with E-state index in [4.69, 9.17) is 0 Å². The van der Waals surface area contributed by atoms with Crippen LogP contribution in [0.1, 0.15) is 6.92 Å². The Morgan fingerprint density at radius 2 is 2.05 bits per heavy atom. The van der Waals surface area contributed by atoms with Gasteiger partial charge in [-0.25, -0.2) is 4.39 Å². The van der Waals surface area contributed by atoms with E-state index in [0.717, 1.165) is 4.90 Å². The van der Waals surface area contributed by atoms with Crippen molar-refractivity contribution in [1.29, 1.82) is 0 Å². The van der Waals surface area contributed by atoms with Crippen LogP contribution in [0.15, 0.2) is 24.3 Å². The fourth-order valence-corrected chi connectivity index (χ4v) is 2.55. The molecule has 1 aliphatic rings. The first-order chi connectivity index (χ1) is 9.47. The highest BCUT2D eigenvalue weighted by molar-refractivity contribution is 8.01. The fraction of sp³-hybridized carbons (Fsp3) is 0.308. The second kappa shape index (κ2) is 6.04. The molecule has 0 saturated carbocycles. The van der Waals surface area contributed by atoms with Gasteiger partial charge in [0.15, 0.2) is 0 Å². The number of rotatable bonds is 3. The quantitative estimate of drug-likeness (QED) is 0.853. The van der Waals surface area contributed by atoms with E-state index in [2.05, 4.69) is 5.32 Å². The van der Waals surface area contributed by atoms with E-state index >= 15 is 0 Å². The normalized spacial score (nSPS) is 19.1. The van der Waals surface area contributed by atoms with Crippen molar-refractivity contribution in [3.05, 3.63) is 30.1 Å². The lowest BCUT2D eigenvalue weighted by molar-refractivity contribution is -0.145. The Labute approximate surface area is 119 Å². The van der Waals surface area contributed by atoms with Crippen molar-refractivity contribution in [2.75, 3.05) is 17.6 Å². The maximum Gasteiger partial charge on any atom is 0.244 e. The average molecular weight is 296 g/mol. The van der Waals surface area contributed by atoms with Crippen LogP contribution in [0.5, 0.6) is 0 Å². The zero-order chi connectivity index (χ0) is 14.7. The Morgan fingerprint density at radius 1 is 1.40 bits per heavy atom. The van der Waals surface area contributed by atoms with E-state index in [1.807, 2.05) is 0 Å². The zero-order valence-electron chi connectivity index (χ0n) is 10.8. The molecule has 1 heterocycles. The summed E-state index contributed by atoms with van der Waals surface area (Å²) < 4.78 is 12.7. The van der Waals surface area contributed by atoms with Crippen LogP contribution in [0.25, 0.3) is 0 Å². The van der Waals surface area contributed by atoms with Gasteiger partial charge in [-0.3, -0.25) is 19.3 Å². The number of anilines is 1. The largest absolute Gasteiger partial charge is 0.325 e. The topological polar surface area (TPSA) is 66.5 Å². The number of halogens is 1. The second-order valence-electron chi connectivity index (χ2n) is 4.33. The number of carbonyl (C=O) groups excluding carboxylic acids is 3. The van der Waals surface area contributed by atoms with Gasteiger partial charge in [0, 0.05) is 5.69 Å². The third-order valence-corrected chi connectivity index (χ3v) is 3.92. The maximum absolute atomic E-state index is 12.7. The molecule has 0 unspecified atom stereocenters. The summed E-state index contributed by atoms with van der Waals surface area (Å²) in [6.07, 6.45) is 0. The number of nitrogens with one attached hydrogen (secondary N) is 1. The fourth-order valence-electron chi connectivity index (χ4n) is 1.73. The molecular weight excluding hydrogens is 283 g/mol. The molecule has 5 nitrogen and oxygen atoms in total. The summed E-state index contributed by atoms with van der Waals surface area (Å²) in [5, 5.41) is 2.19. The van der Waals surface area contributed by atoms with Crippen molar-refractivity contribution in [1.82, 2.24) is 4.90 Å². The van der Waals surface area contributed by atoms with Gasteiger partial charge in [0.05, 0.1) is 11.0 Å². The number of hydrogen-bond donors (Lipinski definition) is 1. The van der Waals surface area contributed by atoms with Crippen molar-refractivity contribution in [2.24, 2.45) is 0 Å². The lowest BCUT2D eigenvalue weighted by Gasteiger charge is -2.27. The van der Waals surface area contributed by atoms with Crippen molar-refractivity contribution in [3.63, 3.8) is 0 Å². The number of hydrogen-bond acceptors (Lipinski definition) is 4. The summed E-state index contributed by atoms with van der Waals surface area (Å²) in [6, 6.07) is 5.24. The monoisotopic (exact) mass is 296 g/mol. The Bertz CT molecular complexity index is 547. The van der Waals surface area contributed by atoms with Crippen LogP contribution in [0.4, 0.5) is 10.1 Å². The maximum atomic E-state index is 12.7. The molecule has 0 bridgehead atoms. The van der Waals surface area contributed by atoms with Crippen molar-refractivity contribution in [2.45, 2.75) is 12.2 Å². The summed E-state index contributed by atoms with van der Waals surface area (Å²) in [7, 11) is 0. The van der Waals surface area contributed by atoms with Gasteiger partial charge < -0.3 is 5.32 Å². The van der Waals surface area contributed by atoms with Crippen LogP contribution < -0.4 is 5.32 Å². The molecule has 1 aromatic rings. The van der Waals surface area contributed by atoms with Gasteiger partial charge in [-0.15, -0.1) is 11.8 Å². The van der Waals surface area contributed by atoms with E-state index in [9.17, 15) is 18.8 Å². The summed E-state index contributed by atoms with van der Waals surface area (Å²) in [4.78, 5) is 36.2. The lowest BCUT2D eigenvalue weighted by Crippen LogP contribution is -2.49.